The van der Waals surface area contributed by atoms with E-state index in [1.807, 2.05) is 0 Å². The molecule has 0 aliphatic carbocycles. The van der Waals surface area contributed by atoms with Crippen LogP contribution in [0.4, 0.5) is 0 Å². The Morgan fingerprint density at radius 2 is 1.25 bits per heavy atom. The molecule has 98 valence electrons. The van der Waals surface area contributed by atoms with Crippen LogP contribution >= 0.6 is 0 Å². The van der Waals surface area contributed by atoms with Crippen LogP contribution in [0.5, 0.6) is 0 Å². The number of hydrogen-bond acceptors (Lipinski definition) is 2. The highest BCUT2D eigenvalue weighted by molar-refractivity contribution is 6.62. The monoisotopic (exact) mass is 244 g/mol. The van der Waals surface area contributed by atoms with Gasteiger partial charge in [-0.15, -0.1) is 0 Å². The van der Waals surface area contributed by atoms with Gasteiger partial charge in [-0.1, -0.05) is 55.4 Å². The molecule has 16 heavy (non-hydrogen) atoms. The highest BCUT2D eigenvalue weighted by atomic mass is 28.3. The molecular weight excluding hydrogens is 212 g/mol. The van der Waals surface area contributed by atoms with E-state index < -0.39 is 8.96 Å². The van der Waals surface area contributed by atoms with E-state index in [0.717, 1.165) is 19.8 Å². The van der Waals surface area contributed by atoms with Crippen molar-refractivity contribution in [2.24, 2.45) is 0 Å². The molecule has 0 heterocycles. The Morgan fingerprint density at radius 3 is 1.50 bits per heavy atom. The van der Waals surface area contributed by atoms with E-state index in [1.165, 1.54) is 0 Å². The van der Waals surface area contributed by atoms with Gasteiger partial charge < -0.3 is 4.98 Å². The molecule has 0 bridgehead atoms. The summed E-state index contributed by atoms with van der Waals surface area (Å²) in [7, 11) is -0.986. The van der Waals surface area contributed by atoms with Crippen LogP contribution in [0.25, 0.3) is 0 Å². The molecule has 0 unspecified atom stereocenters. The number of nitrogens with one attached hydrogen (secondary N) is 1. The topological polar surface area (TPSA) is 15.3 Å². The van der Waals surface area contributed by atoms with Crippen molar-refractivity contribution in [2.45, 2.75) is 65.5 Å². The van der Waals surface area contributed by atoms with Crippen LogP contribution < -0.4 is 4.98 Å². The Bertz CT molecular complexity index is 173. The van der Waals surface area contributed by atoms with Gasteiger partial charge in [0.2, 0.25) is 0 Å². The Morgan fingerprint density at radius 1 is 0.875 bits per heavy atom. The second-order valence-corrected chi connectivity index (χ2v) is 11.6. The zero-order valence-corrected chi connectivity index (χ0v) is 13.8. The molecule has 0 aromatic carbocycles. The van der Waals surface area contributed by atoms with Crippen LogP contribution in [-0.4, -0.2) is 33.6 Å². The summed E-state index contributed by atoms with van der Waals surface area (Å²) in [6.07, 6.45) is 0. The predicted octanol–water partition coefficient (Wildman–Crippen LogP) is 3.20. The molecule has 0 aliphatic rings. The maximum atomic E-state index is 3.87. The highest BCUT2D eigenvalue weighted by Crippen LogP contribution is 2.40. The first-order valence-corrected chi connectivity index (χ1v) is 8.31. The SMILES string of the molecule is CCN(CC)CN[SiH](C(C)(C)C)C(C)(C)C. The van der Waals surface area contributed by atoms with E-state index in [-0.39, 0.29) is 0 Å². The molecule has 0 fully saturated rings. The van der Waals surface area contributed by atoms with Crippen molar-refractivity contribution in [1.29, 1.82) is 0 Å². The van der Waals surface area contributed by atoms with Gasteiger partial charge in [-0.3, -0.25) is 4.90 Å². The van der Waals surface area contributed by atoms with Gasteiger partial charge >= 0.3 is 0 Å². The summed E-state index contributed by atoms with van der Waals surface area (Å²) >= 11 is 0. The number of rotatable bonds is 5. The average Bonchev–Trinajstić information content (AvgIpc) is 2.08. The summed E-state index contributed by atoms with van der Waals surface area (Å²) in [6, 6.07) is 0. The lowest BCUT2D eigenvalue weighted by Crippen LogP contribution is -2.52. The van der Waals surface area contributed by atoms with Crippen molar-refractivity contribution in [3.63, 3.8) is 0 Å². The molecule has 0 saturated carbocycles. The fraction of sp³-hybridized carbons (Fsp3) is 1.00. The predicted molar refractivity (Wildman–Crippen MR) is 77.5 cm³/mol. The first-order chi connectivity index (χ1) is 7.12. The van der Waals surface area contributed by atoms with Crippen molar-refractivity contribution in [3.8, 4) is 0 Å². The fourth-order valence-corrected chi connectivity index (χ4v) is 6.84. The maximum absolute atomic E-state index is 3.87. The fourth-order valence-electron chi connectivity index (χ4n) is 2.58. The minimum absolute atomic E-state index is 0.436. The molecule has 0 spiro atoms. The van der Waals surface area contributed by atoms with Crippen molar-refractivity contribution in [2.75, 3.05) is 19.8 Å². The van der Waals surface area contributed by atoms with Gasteiger partial charge in [0.05, 0.1) is 0 Å². The van der Waals surface area contributed by atoms with Crippen LogP contribution in [0.1, 0.15) is 55.4 Å². The van der Waals surface area contributed by atoms with Gasteiger partial charge in [0.15, 0.2) is 0 Å². The molecule has 0 rings (SSSR count). The smallest absolute Gasteiger partial charge is 0.120 e. The third-order valence-corrected chi connectivity index (χ3v) is 7.20. The molecular formula is C13H32N2Si. The van der Waals surface area contributed by atoms with Crippen LogP contribution in [-0.2, 0) is 0 Å². The third kappa shape index (κ3) is 5.46. The zero-order chi connectivity index (χ0) is 13.0. The summed E-state index contributed by atoms with van der Waals surface area (Å²) in [5, 5.41) is 0.872. The first-order valence-electron chi connectivity index (χ1n) is 6.58. The quantitative estimate of drug-likeness (QED) is 0.590. The molecule has 0 atom stereocenters. The largest absolute Gasteiger partial charge is 0.327 e. The number of hydrogen-bond donors (Lipinski definition) is 1. The normalized spacial score (nSPS) is 13.9. The van der Waals surface area contributed by atoms with Crippen molar-refractivity contribution < 1.29 is 0 Å². The summed E-state index contributed by atoms with van der Waals surface area (Å²) in [5.74, 6) is 0. The van der Waals surface area contributed by atoms with Crippen molar-refractivity contribution >= 4 is 8.96 Å². The molecule has 0 amide bonds. The highest BCUT2D eigenvalue weighted by Gasteiger charge is 2.36. The van der Waals surface area contributed by atoms with Crippen LogP contribution in [0.2, 0.25) is 10.1 Å². The van der Waals surface area contributed by atoms with E-state index in [9.17, 15) is 0 Å². The Kier molecular flexibility index (Phi) is 6.23. The van der Waals surface area contributed by atoms with Gasteiger partial charge in [-0.2, -0.15) is 0 Å². The lowest BCUT2D eigenvalue weighted by atomic mass is 10.2. The van der Waals surface area contributed by atoms with Gasteiger partial charge in [0.25, 0.3) is 0 Å². The Labute approximate surface area is 104 Å². The summed E-state index contributed by atoms with van der Waals surface area (Å²) in [5.41, 5.74) is 0. The summed E-state index contributed by atoms with van der Waals surface area (Å²) < 4.78 is 0. The van der Waals surface area contributed by atoms with Crippen LogP contribution in [0, 0.1) is 0 Å². The zero-order valence-electron chi connectivity index (χ0n) is 12.6. The van der Waals surface area contributed by atoms with Gasteiger partial charge in [0.1, 0.15) is 8.96 Å². The maximum Gasteiger partial charge on any atom is 0.120 e. The van der Waals surface area contributed by atoms with E-state index in [1.54, 1.807) is 0 Å². The summed E-state index contributed by atoms with van der Waals surface area (Å²) in [4.78, 5) is 6.32. The van der Waals surface area contributed by atoms with Crippen molar-refractivity contribution in [1.82, 2.24) is 9.88 Å². The molecule has 0 saturated heterocycles. The molecule has 3 heteroatoms. The van der Waals surface area contributed by atoms with E-state index in [0.29, 0.717) is 10.1 Å². The molecule has 0 aliphatic heterocycles. The molecule has 2 nitrogen and oxygen atoms in total. The van der Waals surface area contributed by atoms with E-state index in [2.05, 4.69) is 65.3 Å². The Hall–Kier alpha value is 0.137. The minimum atomic E-state index is -0.986. The Balaban J connectivity index is 4.47. The van der Waals surface area contributed by atoms with Crippen molar-refractivity contribution in [3.05, 3.63) is 0 Å². The van der Waals surface area contributed by atoms with Gasteiger partial charge in [-0.05, 0) is 23.2 Å². The van der Waals surface area contributed by atoms with Gasteiger partial charge in [0, 0.05) is 6.67 Å². The van der Waals surface area contributed by atoms with Crippen LogP contribution in [0.3, 0.4) is 0 Å². The second kappa shape index (κ2) is 6.17. The summed E-state index contributed by atoms with van der Waals surface area (Å²) in [6.45, 7) is 22.1. The molecule has 1 N–H and O–H groups in total. The number of nitrogens with zero attached hydrogens (tertiary/aromatic N) is 1. The second-order valence-electron chi connectivity index (χ2n) is 6.83. The third-order valence-electron chi connectivity index (χ3n) is 3.15. The van der Waals surface area contributed by atoms with E-state index >= 15 is 0 Å². The average molecular weight is 244 g/mol. The molecule has 0 radical (unpaired) electrons. The molecule has 0 aromatic rings. The lowest BCUT2D eigenvalue weighted by Gasteiger charge is -2.40. The first kappa shape index (κ1) is 16.1. The van der Waals surface area contributed by atoms with E-state index in [4.69, 9.17) is 0 Å². The van der Waals surface area contributed by atoms with Crippen LogP contribution in [0.15, 0.2) is 0 Å². The minimum Gasteiger partial charge on any atom is -0.327 e. The lowest BCUT2D eigenvalue weighted by molar-refractivity contribution is 0.296. The molecule has 0 aromatic heterocycles. The van der Waals surface area contributed by atoms with Gasteiger partial charge in [-0.25, -0.2) is 0 Å². The standard InChI is InChI=1S/C13H32N2Si/c1-9-15(10-2)11-14-16(12(3,4)5)13(6,7)8/h14,16H,9-11H2,1-8H3.